The summed E-state index contributed by atoms with van der Waals surface area (Å²) in [5.41, 5.74) is 5.58. The monoisotopic (exact) mass is 500 g/mol. The van der Waals surface area contributed by atoms with E-state index in [1.165, 1.54) is 0 Å². The highest BCUT2D eigenvalue weighted by atomic mass is 16.5. The third-order valence-corrected chi connectivity index (χ3v) is 7.04. The van der Waals surface area contributed by atoms with Gasteiger partial charge in [-0.15, -0.1) is 0 Å². The van der Waals surface area contributed by atoms with Crippen LogP contribution in [0.4, 0.5) is 11.4 Å². The topological polar surface area (TPSA) is 78.9 Å². The lowest BCUT2D eigenvalue weighted by atomic mass is 9.88. The molecule has 1 heterocycles. The van der Waals surface area contributed by atoms with Crippen molar-refractivity contribution < 1.29 is 19.4 Å². The molecule has 1 amide bonds. The number of aryl methyl sites for hydroxylation is 1. The minimum Gasteiger partial charge on any atom is -0.481 e. The fourth-order valence-electron chi connectivity index (χ4n) is 5.12. The zero-order valence-corrected chi connectivity index (χ0v) is 21.7. The normalized spacial score (nSPS) is 14.6. The van der Waals surface area contributed by atoms with Gasteiger partial charge in [-0.05, 0) is 55.5 Å². The van der Waals surface area contributed by atoms with Crippen molar-refractivity contribution >= 4 is 23.3 Å². The van der Waals surface area contributed by atoms with Crippen LogP contribution >= 0.6 is 0 Å². The molecule has 0 aromatic heterocycles. The van der Waals surface area contributed by atoms with Crippen molar-refractivity contribution in [1.29, 1.82) is 0 Å². The Hall–Kier alpha value is -3.64. The van der Waals surface area contributed by atoms with E-state index in [1.807, 2.05) is 79.7 Å². The number of carbonyl (C=O) groups excluding carboxylic acids is 1. The molecule has 6 heteroatoms. The summed E-state index contributed by atoms with van der Waals surface area (Å²) in [5, 5.41) is 12.8. The van der Waals surface area contributed by atoms with E-state index in [2.05, 4.69) is 17.1 Å². The van der Waals surface area contributed by atoms with Gasteiger partial charge in [0.25, 0.3) is 0 Å². The first-order valence-corrected chi connectivity index (χ1v) is 13.0. The summed E-state index contributed by atoms with van der Waals surface area (Å²) in [6.45, 7) is 6.39. The number of hydrogen-bond acceptors (Lipinski definition) is 4. The average Bonchev–Trinajstić information content (AvgIpc) is 2.91. The minimum atomic E-state index is -0.861. The van der Waals surface area contributed by atoms with Gasteiger partial charge in [-0.3, -0.25) is 9.59 Å². The van der Waals surface area contributed by atoms with E-state index >= 15 is 0 Å². The molecule has 1 unspecified atom stereocenters. The van der Waals surface area contributed by atoms with Crippen molar-refractivity contribution in [2.24, 2.45) is 0 Å². The van der Waals surface area contributed by atoms with Gasteiger partial charge >= 0.3 is 5.97 Å². The quantitative estimate of drug-likeness (QED) is 0.369. The van der Waals surface area contributed by atoms with Crippen molar-refractivity contribution in [2.75, 3.05) is 30.0 Å². The molecular weight excluding hydrogens is 464 g/mol. The number of carboxylic acids is 1. The Labute approximate surface area is 219 Å². The van der Waals surface area contributed by atoms with Gasteiger partial charge in [0.05, 0.1) is 24.2 Å². The van der Waals surface area contributed by atoms with Crippen LogP contribution in [0.5, 0.6) is 0 Å². The number of aliphatic carboxylic acids is 1. The third-order valence-electron chi connectivity index (χ3n) is 7.04. The molecule has 1 fully saturated rings. The molecule has 194 valence electrons. The van der Waals surface area contributed by atoms with E-state index in [-0.39, 0.29) is 24.7 Å². The Kier molecular flexibility index (Phi) is 8.96. The second-order valence-corrected chi connectivity index (χ2v) is 9.68. The molecule has 1 aliphatic heterocycles. The molecule has 0 radical (unpaired) electrons. The van der Waals surface area contributed by atoms with E-state index in [0.717, 1.165) is 60.5 Å². The fourth-order valence-corrected chi connectivity index (χ4v) is 5.12. The molecule has 4 rings (SSSR count). The molecule has 2 N–H and O–H groups in total. The molecule has 37 heavy (non-hydrogen) atoms. The van der Waals surface area contributed by atoms with Crippen LogP contribution < -0.4 is 10.2 Å². The lowest BCUT2D eigenvalue weighted by Gasteiger charge is -2.36. The maximum absolute atomic E-state index is 13.2. The fraction of sp³-hybridized carbons (Fsp3) is 0.355. The van der Waals surface area contributed by atoms with E-state index < -0.39 is 5.97 Å². The second kappa shape index (κ2) is 12.5. The number of nitrogens with one attached hydrogen (secondary N) is 1. The Balaban J connectivity index is 1.70. The molecule has 1 aliphatic rings. The number of carboxylic acid groups (broad SMARTS) is 1. The van der Waals surface area contributed by atoms with Crippen molar-refractivity contribution in [3.63, 3.8) is 0 Å². The smallest absolute Gasteiger partial charge is 0.304 e. The van der Waals surface area contributed by atoms with Crippen LogP contribution in [0.1, 0.15) is 54.4 Å². The highest BCUT2D eigenvalue weighted by molar-refractivity contribution is 5.96. The minimum absolute atomic E-state index is 0.0302. The third kappa shape index (κ3) is 6.98. The zero-order valence-electron chi connectivity index (χ0n) is 21.7. The average molecular weight is 501 g/mol. The van der Waals surface area contributed by atoms with Crippen LogP contribution in [0.15, 0.2) is 72.8 Å². The number of ether oxygens (including phenoxy) is 1. The lowest BCUT2D eigenvalue weighted by molar-refractivity contribution is -0.137. The summed E-state index contributed by atoms with van der Waals surface area (Å²) >= 11 is 0. The van der Waals surface area contributed by atoms with Gasteiger partial charge in [-0.1, -0.05) is 66.2 Å². The van der Waals surface area contributed by atoms with E-state index in [9.17, 15) is 14.7 Å². The van der Waals surface area contributed by atoms with Gasteiger partial charge in [-0.25, -0.2) is 0 Å². The van der Waals surface area contributed by atoms with Crippen LogP contribution in [0, 0.1) is 6.92 Å². The number of hydrogen-bond donors (Lipinski definition) is 2. The second-order valence-electron chi connectivity index (χ2n) is 9.68. The Bertz CT molecular complexity index is 1190. The van der Waals surface area contributed by atoms with Gasteiger partial charge in [0.15, 0.2) is 0 Å². The number of benzene rings is 3. The predicted octanol–water partition coefficient (Wildman–Crippen LogP) is 5.79. The first-order chi connectivity index (χ1) is 17.9. The van der Waals surface area contributed by atoms with Crippen molar-refractivity contribution in [2.45, 2.75) is 51.5 Å². The number of amides is 1. The molecule has 1 saturated heterocycles. The summed E-state index contributed by atoms with van der Waals surface area (Å²) in [5.74, 6) is -1.28. The van der Waals surface area contributed by atoms with Crippen molar-refractivity contribution in [1.82, 2.24) is 0 Å². The molecule has 6 nitrogen and oxygen atoms in total. The highest BCUT2D eigenvalue weighted by Gasteiger charge is 2.25. The molecular formula is C31H36N2O4. The number of nitrogens with zero attached hydrogens (tertiary/aromatic N) is 1. The highest BCUT2D eigenvalue weighted by Crippen LogP contribution is 2.36. The van der Waals surface area contributed by atoms with E-state index in [0.29, 0.717) is 11.7 Å². The summed E-state index contributed by atoms with van der Waals surface area (Å²) in [7, 11) is 0. The molecule has 3 aromatic carbocycles. The number of carbonyl (C=O) groups is 2. The molecule has 0 aliphatic carbocycles. The van der Waals surface area contributed by atoms with Gasteiger partial charge in [0.1, 0.15) is 0 Å². The van der Waals surface area contributed by atoms with Gasteiger partial charge in [0.2, 0.25) is 5.91 Å². The number of anilines is 2. The van der Waals surface area contributed by atoms with Crippen LogP contribution in [0.2, 0.25) is 0 Å². The Morgan fingerprint density at radius 2 is 1.70 bits per heavy atom. The summed E-state index contributed by atoms with van der Waals surface area (Å²) in [6, 6.07) is 24.0. The SMILES string of the molecule is CCN(c1ccc(C(CC(=O)O)c2ccccc2)cc1NC(=O)Cc1ccc(C)cc1)C1CCOCC1. The summed E-state index contributed by atoms with van der Waals surface area (Å²) in [4.78, 5) is 27.3. The molecule has 1 atom stereocenters. The van der Waals surface area contributed by atoms with E-state index in [4.69, 9.17) is 4.74 Å². The Morgan fingerprint density at radius 1 is 1.00 bits per heavy atom. The standard InChI is InChI=1S/C31H36N2O4/c1-3-33(26-15-17-37-18-16-26)29-14-13-25(27(21-31(35)36)24-7-5-4-6-8-24)20-28(29)32-30(34)19-23-11-9-22(2)10-12-23/h4-14,20,26-27H,3,15-19,21H2,1-2H3,(H,32,34)(H,35,36). The van der Waals surface area contributed by atoms with Crippen LogP contribution in [-0.4, -0.2) is 42.8 Å². The molecule has 0 bridgehead atoms. The first kappa shape index (κ1) is 26.4. The molecule has 0 saturated carbocycles. The maximum Gasteiger partial charge on any atom is 0.304 e. The molecule has 3 aromatic rings. The summed E-state index contributed by atoms with van der Waals surface area (Å²) < 4.78 is 5.58. The van der Waals surface area contributed by atoms with Gasteiger partial charge in [-0.2, -0.15) is 0 Å². The van der Waals surface area contributed by atoms with Crippen LogP contribution in [0.25, 0.3) is 0 Å². The maximum atomic E-state index is 13.2. The van der Waals surface area contributed by atoms with Gasteiger partial charge in [0, 0.05) is 31.7 Å². The first-order valence-electron chi connectivity index (χ1n) is 13.0. The Morgan fingerprint density at radius 3 is 2.35 bits per heavy atom. The zero-order chi connectivity index (χ0) is 26.2. The largest absolute Gasteiger partial charge is 0.481 e. The van der Waals surface area contributed by atoms with E-state index in [1.54, 1.807) is 0 Å². The number of rotatable bonds is 10. The van der Waals surface area contributed by atoms with Crippen LogP contribution in [-0.2, 0) is 20.7 Å². The predicted molar refractivity (Wildman–Crippen MR) is 147 cm³/mol. The van der Waals surface area contributed by atoms with Crippen molar-refractivity contribution in [3.05, 3.63) is 95.1 Å². The van der Waals surface area contributed by atoms with Gasteiger partial charge < -0.3 is 20.1 Å². The summed E-state index contributed by atoms with van der Waals surface area (Å²) in [6.07, 6.45) is 2.10. The van der Waals surface area contributed by atoms with Crippen molar-refractivity contribution in [3.8, 4) is 0 Å². The van der Waals surface area contributed by atoms with Crippen LogP contribution in [0.3, 0.4) is 0 Å². The lowest BCUT2D eigenvalue weighted by Crippen LogP contribution is -2.40. The molecule has 0 spiro atoms.